The van der Waals surface area contributed by atoms with E-state index in [1.807, 2.05) is 4.72 Å². The molecule has 5 N–H and O–H groups in total. The van der Waals surface area contributed by atoms with Crippen LogP contribution in [0.1, 0.15) is 0 Å². The molecule has 0 aromatic carbocycles. The number of nitrogens with two attached hydrogens (primary N) is 2. The van der Waals surface area contributed by atoms with Gasteiger partial charge in [0.2, 0.25) is 5.91 Å². The number of hydrogen-bond donors (Lipinski definition) is 3. The van der Waals surface area contributed by atoms with Gasteiger partial charge in [0.25, 0.3) is 10.0 Å². The van der Waals surface area contributed by atoms with E-state index in [9.17, 15) is 13.2 Å². The molecule has 10 heteroatoms. The number of nitrogen functional groups attached to an aromatic ring is 1. The molecule has 0 aliphatic carbocycles. The molecule has 2 rings (SSSR count). The number of carbonyl (C=O) groups excluding carboxylic acids is 1. The zero-order valence-corrected chi connectivity index (χ0v) is 10.1. The Balaban J connectivity index is 2.48. The van der Waals surface area contributed by atoms with Crippen LogP contribution in [0.15, 0.2) is 16.6 Å². The van der Waals surface area contributed by atoms with E-state index in [-0.39, 0.29) is 10.8 Å². The number of hydrogen-bond acceptors (Lipinski definition) is 6. The number of carbonyl (C=O) groups is 1. The first-order valence-corrected chi connectivity index (χ1v) is 6.77. The van der Waals surface area contributed by atoms with Crippen LogP contribution in [0.2, 0.25) is 0 Å². The largest absolute Gasteiger partial charge is 0.381 e. The molecule has 0 bridgehead atoms. The van der Waals surface area contributed by atoms with Crippen LogP contribution >= 0.6 is 11.3 Å². The standard InChI is InChI=1S/C7H9N5O3S2/c8-4(13)3-10-17(14,15)6-5(9)11-7-12(6)1-2-16-7/h1-2,10H,3,9H2,(H2,8,13). The van der Waals surface area contributed by atoms with Crippen LogP contribution in [0.4, 0.5) is 5.82 Å². The first kappa shape index (κ1) is 11.8. The maximum Gasteiger partial charge on any atom is 0.260 e. The number of fused-ring (bicyclic) bond motifs is 1. The van der Waals surface area contributed by atoms with Crippen molar-refractivity contribution in [3.63, 3.8) is 0 Å². The van der Waals surface area contributed by atoms with Crippen LogP contribution < -0.4 is 16.2 Å². The van der Waals surface area contributed by atoms with Crippen molar-refractivity contribution >= 4 is 38.0 Å². The molecule has 0 aliphatic rings. The van der Waals surface area contributed by atoms with Gasteiger partial charge in [-0.2, -0.15) is 0 Å². The molecule has 8 nitrogen and oxygen atoms in total. The Bertz CT molecular complexity index is 671. The highest BCUT2D eigenvalue weighted by atomic mass is 32.2. The zero-order chi connectivity index (χ0) is 12.6. The topological polar surface area (TPSA) is 133 Å². The summed E-state index contributed by atoms with van der Waals surface area (Å²) < 4.78 is 27.1. The van der Waals surface area contributed by atoms with E-state index in [2.05, 4.69) is 4.98 Å². The summed E-state index contributed by atoms with van der Waals surface area (Å²) in [4.78, 5) is 14.9. The minimum atomic E-state index is -3.91. The molecule has 92 valence electrons. The normalized spacial score (nSPS) is 12.0. The predicted molar refractivity (Wildman–Crippen MR) is 61.9 cm³/mol. The van der Waals surface area contributed by atoms with E-state index in [4.69, 9.17) is 11.5 Å². The summed E-state index contributed by atoms with van der Waals surface area (Å²) in [5, 5.41) is 1.49. The number of nitrogens with one attached hydrogen (secondary N) is 1. The third kappa shape index (κ3) is 2.09. The molecular formula is C7H9N5O3S2. The van der Waals surface area contributed by atoms with Crippen molar-refractivity contribution in [3.8, 4) is 0 Å². The van der Waals surface area contributed by atoms with Crippen molar-refractivity contribution in [3.05, 3.63) is 11.6 Å². The van der Waals surface area contributed by atoms with Gasteiger partial charge in [0.05, 0.1) is 6.54 Å². The first-order valence-electron chi connectivity index (χ1n) is 4.41. The minimum Gasteiger partial charge on any atom is -0.381 e. The molecule has 2 heterocycles. The molecule has 2 aromatic rings. The van der Waals surface area contributed by atoms with Crippen LogP contribution in [0.3, 0.4) is 0 Å². The van der Waals surface area contributed by atoms with Gasteiger partial charge < -0.3 is 11.5 Å². The third-order valence-electron chi connectivity index (χ3n) is 1.93. The van der Waals surface area contributed by atoms with Crippen molar-refractivity contribution in [1.82, 2.24) is 14.1 Å². The molecule has 0 spiro atoms. The molecule has 0 saturated heterocycles. The highest BCUT2D eigenvalue weighted by Gasteiger charge is 2.24. The smallest absolute Gasteiger partial charge is 0.260 e. The number of nitrogens with zero attached hydrogens (tertiary/aromatic N) is 2. The van der Waals surface area contributed by atoms with Gasteiger partial charge in [-0.25, -0.2) is 18.1 Å². The Morgan fingerprint density at radius 1 is 1.59 bits per heavy atom. The second-order valence-electron chi connectivity index (χ2n) is 3.15. The quantitative estimate of drug-likeness (QED) is 0.640. The van der Waals surface area contributed by atoms with Crippen LogP contribution in [0.5, 0.6) is 0 Å². The lowest BCUT2D eigenvalue weighted by Gasteiger charge is -2.04. The second-order valence-corrected chi connectivity index (χ2v) is 5.70. The monoisotopic (exact) mass is 275 g/mol. The molecule has 1 amide bonds. The third-order valence-corrected chi connectivity index (χ3v) is 4.13. The number of sulfonamides is 1. The van der Waals surface area contributed by atoms with Gasteiger partial charge in [-0.1, -0.05) is 0 Å². The van der Waals surface area contributed by atoms with Gasteiger partial charge >= 0.3 is 0 Å². The van der Waals surface area contributed by atoms with E-state index < -0.39 is 22.5 Å². The Morgan fingerprint density at radius 3 is 2.94 bits per heavy atom. The second kappa shape index (κ2) is 3.98. The maximum absolute atomic E-state index is 11.9. The minimum absolute atomic E-state index is 0.117. The molecule has 0 atom stereocenters. The summed E-state index contributed by atoms with van der Waals surface area (Å²) in [5.74, 6) is -0.896. The Kier molecular flexibility index (Phi) is 2.77. The molecule has 0 unspecified atom stereocenters. The number of anilines is 1. The Labute approximate surface area is 100 Å². The summed E-state index contributed by atoms with van der Waals surface area (Å²) in [6.07, 6.45) is 1.53. The number of thiazole rings is 1. The van der Waals surface area contributed by atoms with Crippen molar-refractivity contribution in [2.75, 3.05) is 12.3 Å². The molecule has 0 aliphatic heterocycles. The molecule has 0 saturated carbocycles. The number of primary amides is 1. The van der Waals surface area contributed by atoms with Crippen molar-refractivity contribution in [2.45, 2.75) is 5.03 Å². The van der Waals surface area contributed by atoms with Crippen molar-refractivity contribution in [2.24, 2.45) is 5.73 Å². The van der Waals surface area contributed by atoms with E-state index in [1.165, 1.54) is 21.9 Å². The maximum atomic E-state index is 11.9. The van der Waals surface area contributed by atoms with Crippen LogP contribution in [-0.4, -0.2) is 30.3 Å². The van der Waals surface area contributed by atoms with Gasteiger partial charge in [0, 0.05) is 11.6 Å². The number of aromatic nitrogens is 2. The fraction of sp³-hybridized carbons (Fsp3) is 0.143. The lowest BCUT2D eigenvalue weighted by atomic mass is 10.7. The van der Waals surface area contributed by atoms with Crippen LogP contribution in [0, 0.1) is 0 Å². The zero-order valence-electron chi connectivity index (χ0n) is 8.45. The fourth-order valence-corrected chi connectivity index (χ4v) is 3.26. The van der Waals surface area contributed by atoms with Crippen molar-refractivity contribution < 1.29 is 13.2 Å². The summed E-state index contributed by atoms with van der Waals surface area (Å²) in [6, 6.07) is 0. The molecule has 0 fully saturated rings. The number of amides is 1. The summed E-state index contributed by atoms with van der Waals surface area (Å²) in [6.45, 7) is -0.487. The Morgan fingerprint density at radius 2 is 2.29 bits per heavy atom. The highest BCUT2D eigenvalue weighted by molar-refractivity contribution is 7.89. The molecule has 17 heavy (non-hydrogen) atoms. The first-order chi connectivity index (χ1) is 7.92. The van der Waals surface area contributed by atoms with E-state index in [0.29, 0.717) is 4.96 Å². The van der Waals surface area contributed by atoms with Crippen LogP contribution in [0.25, 0.3) is 4.96 Å². The Hall–Kier alpha value is -1.65. The SMILES string of the molecule is NC(=O)CNS(=O)(=O)c1c(N)nc2sccn12. The van der Waals surface area contributed by atoms with Gasteiger partial charge in [-0.3, -0.25) is 9.20 Å². The van der Waals surface area contributed by atoms with Gasteiger partial charge in [-0.05, 0) is 0 Å². The summed E-state index contributed by atoms with van der Waals surface area (Å²) in [5.41, 5.74) is 10.4. The lowest BCUT2D eigenvalue weighted by Crippen LogP contribution is -2.34. The van der Waals surface area contributed by atoms with Crippen LogP contribution in [-0.2, 0) is 14.8 Å². The predicted octanol–water partition coefficient (Wildman–Crippen LogP) is -1.26. The molecule has 0 radical (unpaired) electrons. The highest BCUT2D eigenvalue weighted by Crippen LogP contribution is 2.22. The average molecular weight is 275 g/mol. The van der Waals surface area contributed by atoms with Gasteiger partial charge in [-0.15, -0.1) is 11.3 Å². The number of imidazole rings is 1. The number of rotatable bonds is 4. The van der Waals surface area contributed by atoms with E-state index in [1.54, 1.807) is 5.38 Å². The van der Waals surface area contributed by atoms with Gasteiger partial charge in [0.15, 0.2) is 15.8 Å². The fourth-order valence-electron chi connectivity index (χ4n) is 1.28. The lowest BCUT2D eigenvalue weighted by molar-refractivity contribution is -0.116. The molecular weight excluding hydrogens is 266 g/mol. The summed E-state index contributed by atoms with van der Waals surface area (Å²) >= 11 is 1.25. The van der Waals surface area contributed by atoms with Gasteiger partial charge in [0.1, 0.15) is 0 Å². The molecule has 2 aromatic heterocycles. The van der Waals surface area contributed by atoms with E-state index in [0.717, 1.165) is 0 Å². The van der Waals surface area contributed by atoms with E-state index >= 15 is 0 Å². The van der Waals surface area contributed by atoms with Crippen molar-refractivity contribution in [1.29, 1.82) is 0 Å². The summed E-state index contributed by atoms with van der Waals surface area (Å²) in [7, 11) is -3.91. The average Bonchev–Trinajstić information content (AvgIpc) is 2.73.